The summed E-state index contributed by atoms with van der Waals surface area (Å²) in [7, 11) is 0. The van der Waals surface area contributed by atoms with Crippen molar-refractivity contribution in [1.82, 2.24) is 9.97 Å². The number of halogens is 3. The van der Waals surface area contributed by atoms with Crippen molar-refractivity contribution in [1.29, 1.82) is 5.26 Å². The van der Waals surface area contributed by atoms with E-state index in [0.29, 0.717) is 17.1 Å². The summed E-state index contributed by atoms with van der Waals surface area (Å²) >= 11 is 1.04. The first-order chi connectivity index (χ1) is 13.3. The smallest absolute Gasteiger partial charge is 0.433 e. The second-order valence-corrected chi connectivity index (χ2v) is 6.83. The molecule has 3 rings (SSSR count). The van der Waals surface area contributed by atoms with E-state index in [9.17, 15) is 13.2 Å². The number of benzene rings is 2. The Hall–Kier alpha value is -3.05. The Bertz CT molecular complexity index is 1010. The molecular formula is C20H14F3N3OS. The molecule has 0 amide bonds. The van der Waals surface area contributed by atoms with Crippen LogP contribution in [0.15, 0.2) is 59.8 Å². The molecule has 3 aromatic rings. The fourth-order valence-corrected chi connectivity index (χ4v) is 3.06. The van der Waals surface area contributed by atoms with Crippen LogP contribution in [-0.4, -0.2) is 9.97 Å². The van der Waals surface area contributed by atoms with Crippen LogP contribution >= 0.6 is 11.8 Å². The van der Waals surface area contributed by atoms with E-state index in [2.05, 4.69) is 9.97 Å². The summed E-state index contributed by atoms with van der Waals surface area (Å²) in [5, 5.41) is 8.89. The fraction of sp³-hybridized carbons (Fsp3) is 0.150. The van der Waals surface area contributed by atoms with E-state index in [1.54, 1.807) is 48.5 Å². The van der Waals surface area contributed by atoms with Crippen LogP contribution in [0.5, 0.6) is 11.6 Å². The molecule has 28 heavy (non-hydrogen) atoms. The molecule has 0 atom stereocenters. The topological polar surface area (TPSA) is 58.8 Å². The van der Waals surface area contributed by atoms with Gasteiger partial charge in [0.1, 0.15) is 5.75 Å². The number of aryl methyl sites for hydroxylation is 1. The van der Waals surface area contributed by atoms with Crippen LogP contribution < -0.4 is 4.74 Å². The first-order valence-electron chi connectivity index (χ1n) is 8.16. The SMILES string of the molecule is Cc1ccc(Oc2cc(C(F)(F)F)nc(SCc3cccc(C#N)c3)n2)cc1. The lowest BCUT2D eigenvalue weighted by atomic mass is 10.2. The molecule has 0 aliphatic rings. The number of nitrogens with zero attached hydrogens (tertiary/aromatic N) is 3. The van der Waals surface area contributed by atoms with Crippen LogP contribution in [-0.2, 0) is 11.9 Å². The summed E-state index contributed by atoms with van der Waals surface area (Å²) in [6, 6.07) is 16.5. The predicted octanol–water partition coefficient (Wildman–Crippen LogP) is 5.76. The summed E-state index contributed by atoms with van der Waals surface area (Å²) in [5.41, 5.74) is 1.19. The summed E-state index contributed by atoms with van der Waals surface area (Å²) in [6.07, 6.45) is -4.62. The van der Waals surface area contributed by atoms with Gasteiger partial charge in [-0.05, 0) is 36.8 Å². The van der Waals surface area contributed by atoms with Crippen molar-refractivity contribution in [3.05, 3.63) is 77.0 Å². The van der Waals surface area contributed by atoms with Crippen LogP contribution in [0.25, 0.3) is 0 Å². The number of hydrogen-bond acceptors (Lipinski definition) is 5. The van der Waals surface area contributed by atoms with Gasteiger partial charge >= 0.3 is 6.18 Å². The third-order valence-corrected chi connectivity index (χ3v) is 4.56. The summed E-state index contributed by atoms with van der Waals surface area (Å²) in [6.45, 7) is 1.90. The average molecular weight is 401 g/mol. The molecule has 0 aliphatic heterocycles. The van der Waals surface area contributed by atoms with Crippen molar-refractivity contribution in [2.75, 3.05) is 0 Å². The minimum atomic E-state index is -4.62. The zero-order valence-corrected chi connectivity index (χ0v) is 15.5. The van der Waals surface area contributed by atoms with Gasteiger partial charge in [-0.3, -0.25) is 0 Å². The molecule has 0 saturated heterocycles. The normalized spacial score (nSPS) is 11.1. The molecule has 0 saturated carbocycles. The second kappa shape index (κ2) is 8.31. The van der Waals surface area contributed by atoms with Crippen LogP contribution in [0.4, 0.5) is 13.2 Å². The van der Waals surface area contributed by atoms with E-state index in [-0.39, 0.29) is 11.0 Å². The monoisotopic (exact) mass is 401 g/mol. The first-order valence-corrected chi connectivity index (χ1v) is 9.15. The number of rotatable bonds is 5. The van der Waals surface area contributed by atoms with E-state index >= 15 is 0 Å². The van der Waals surface area contributed by atoms with Gasteiger partial charge in [-0.2, -0.15) is 23.4 Å². The molecule has 0 N–H and O–H groups in total. The third-order valence-electron chi connectivity index (χ3n) is 3.64. The lowest BCUT2D eigenvalue weighted by Crippen LogP contribution is -2.10. The quantitative estimate of drug-likeness (QED) is 0.402. The van der Waals surface area contributed by atoms with Gasteiger partial charge in [0, 0.05) is 11.8 Å². The number of thioether (sulfide) groups is 1. The highest BCUT2D eigenvalue weighted by Gasteiger charge is 2.34. The van der Waals surface area contributed by atoms with Crippen LogP contribution in [0.1, 0.15) is 22.4 Å². The summed E-state index contributed by atoms with van der Waals surface area (Å²) in [4.78, 5) is 7.69. The largest absolute Gasteiger partial charge is 0.439 e. The number of nitriles is 1. The van der Waals surface area contributed by atoms with Gasteiger partial charge in [0.05, 0.1) is 11.6 Å². The Morgan fingerprint density at radius 3 is 2.50 bits per heavy atom. The standard InChI is InChI=1S/C20H14F3N3OS/c1-13-5-7-16(8-6-13)27-18-10-17(20(21,22)23)25-19(26-18)28-12-15-4-2-3-14(9-15)11-24/h2-10H,12H2,1H3. The van der Waals surface area contributed by atoms with E-state index in [4.69, 9.17) is 10.00 Å². The van der Waals surface area contributed by atoms with Crippen molar-refractivity contribution in [2.45, 2.75) is 24.0 Å². The lowest BCUT2D eigenvalue weighted by Gasteiger charge is -2.11. The van der Waals surface area contributed by atoms with Gasteiger partial charge in [0.2, 0.25) is 5.88 Å². The van der Waals surface area contributed by atoms with E-state index in [1.807, 2.05) is 13.0 Å². The van der Waals surface area contributed by atoms with Gasteiger partial charge in [-0.25, -0.2) is 4.98 Å². The summed E-state index contributed by atoms with van der Waals surface area (Å²) < 4.78 is 45.1. The molecule has 0 bridgehead atoms. The molecule has 0 radical (unpaired) electrons. The van der Waals surface area contributed by atoms with Gasteiger partial charge in [0.25, 0.3) is 0 Å². The molecule has 0 fully saturated rings. The molecule has 142 valence electrons. The van der Waals surface area contributed by atoms with Crippen molar-refractivity contribution in [3.8, 4) is 17.7 Å². The number of ether oxygens (including phenoxy) is 1. The molecule has 0 aliphatic carbocycles. The minimum absolute atomic E-state index is 0.0562. The molecule has 4 nitrogen and oxygen atoms in total. The zero-order valence-electron chi connectivity index (χ0n) is 14.7. The molecule has 1 aromatic heterocycles. The van der Waals surface area contributed by atoms with Crippen LogP contribution in [0.3, 0.4) is 0 Å². The minimum Gasteiger partial charge on any atom is -0.439 e. The van der Waals surface area contributed by atoms with Gasteiger partial charge in [-0.15, -0.1) is 0 Å². The highest BCUT2D eigenvalue weighted by atomic mass is 32.2. The highest BCUT2D eigenvalue weighted by Crippen LogP contribution is 2.33. The van der Waals surface area contributed by atoms with Crippen molar-refractivity contribution < 1.29 is 17.9 Å². The predicted molar refractivity (Wildman–Crippen MR) is 99.0 cm³/mol. The Kier molecular flexibility index (Phi) is 5.85. The molecule has 1 heterocycles. The third kappa shape index (κ3) is 5.24. The van der Waals surface area contributed by atoms with E-state index < -0.39 is 11.9 Å². The Morgan fingerprint density at radius 1 is 1.07 bits per heavy atom. The zero-order chi connectivity index (χ0) is 20.1. The number of hydrogen-bond donors (Lipinski definition) is 0. The van der Waals surface area contributed by atoms with Gasteiger partial charge < -0.3 is 4.74 Å². The molecule has 0 spiro atoms. The van der Waals surface area contributed by atoms with E-state index in [0.717, 1.165) is 29.0 Å². The maximum atomic E-state index is 13.2. The lowest BCUT2D eigenvalue weighted by molar-refractivity contribution is -0.141. The molecular weight excluding hydrogens is 387 g/mol. The molecule has 0 unspecified atom stereocenters. The van der Waals surface area contributed by atoms with Crippen molar-refractivity contribution >= 4 is 11.8 Å². The van der Waals surface area contributed by atoms with Crippen LogP contribution in [0, 0.1) is 18.3 Å². The number of aromatic nitrogens is 2. The highest BCUT2D eigenvalue weighted by molar-refractivity contribution is 7.98. The molecule has 2 aromatic carbocycles. The van der Waals surface area contributed by atoms with Crippen molar-refractivity contribution in [2.24, 2.45) is 0 Å². The molecule has 8 heteroatoms. The first kappa shape index (κ1) is 19.7. The van der Waals surface area contributed by atoms with Gasteiger partial charge in [-0.1, -0.05) is 41.6 Å². The fourth-order valence-electron chi connectivity index (χ4n) is 2.27. The average Bonchev–Trinajstić information content (AvgIpc) is 2.67. The Labute approximate surface area is 164 Å². The number of alkyl halides is 3. The maximum Gasteiger partial charge on any atom is 0.433 e. The second-order valence-electron chi connectivity index (χ2n) is 5.89. The van der Waals surface area contributed by atoms with Crippen molar-refractivity contribution in [3.63, 3.8) is 0 Å². The Morgan fingerprint density at radius 2 is 1.82 bits per heavy atom. The maximum absolute atomic E-state index is 13.2. The summed E-state index contributed by atoms with van der Waals surface area (Å²) in [5.74, 6) is 0.524. The van der Waals surface area contributed by atoms with Gasteiger partial charge in [0.15, 0.2) is 10.9 Å². The van der Waals surface area contributed by atoms with Crippen LogP contribution in [0.2, 0.25) is 0 Å². The Balaban J connectivity index is 1.85. The van der Waals surface area contributed by atoms with E-state index in [1.165, 1.54) is 0 Å².